The first kappa shape index (κ1) is 11.5. The molecule has 0 heterocycles. The summed E-state index contributed by atoms with van der Waals surface area (Å²) in [5, 5.41) is -0.563. The number of hydrogen-bond donors (Lipinski definition) is 1. The van der Waals surface area contributed by atoms with Gasteiger partial charge >= 0.3 is 6.18 Å². The molecule has 0 aliphatic carbocycles. The van der Waals surface area contributed by atoms with Crippen molar-refractivity contribution in [2.24, 2.45) is 0 Å². The fourth-order valence-electron chi connectivity index (χ4n) is 0.856. The van der Waals surface area contributed by atoms with Gasteiger partial charge in [-0.3, -0.25) is 0 Å². The number of nitrogens with two attached hydrogens (primary N) is 1. The first-order valence-electron chi connectivity index (χ1n) is 3.31. The molecule has 7 heteroatoms. The lowest BCUT2D eigenvalue weighted by Gasteiger charge is -2.10. The molecule has 0 saturated heterocycles. The van der Waals surface area contributed by atoms with Crippen molar-refractivity contribution in [3.05, 3.63) is 22.7 Å². The maximum atomic E-state index is 12.2. The molecule has 0 amide bonds. The monoisotopic (exact) mass is 245 g/mol. The Bertz CT molecular complexity index is 352. The Morgan fingerprint density at radius 2 is 1.86 bits per heavy atom. The van der Waals surface area contributed by atoms with Crippen molar-refractivity contribution < 1.29 is 17.1 Å². The van der Waals surface area contributed by atoms with Crippen molar-refractivity contribution in [1.82, 2.24) is 0 Å². The average molecular weight is 246 g/mol. The van der Waals surface area contributed by atoms with Gasteiger partial charge in [0, 0.05) is 5.69 Å². The van der Waals surface area contributed by atoms with E-state index in [1.54, 1.807) is 0 Å². The Kier molecular flexibility index (Phi) is 3.16. The molecule has 14 heavy (non-hydrogen) atoms. The molecule has 78 valence electrons. The van der Waals surface area contributed by atoms with Crippen molar-refractivity contribution in [1.29, 1.82) is 0 Å². The Morgan fingerprint density at radius 3 is 2.29 bits per heavy atom. The van der Waals surface area contributed by atoms with E-state index in [-0.39, 0.29) is 22.7 Å². The van der Waals surface area contributed by atoms with Crippen LogP contribution in [0.3, 0.4) is 0 Å². The number of anilines is 1. The molecule has 2 N–H and O–H groups in total. The van der Waals surface area contributed by atoms with Crippen molar-refractivity contribution in [3.8, 4) is 0 Å². The van der Waals surface area contributed by atoms with Crippen LogP contribution in [-0.4, -0.2) is 0 Å². The largest absolute Gasteiger partial charge is 0.417 e. The third kappa shape index (κ3) is 2.24. The molecule has 1 aromatic carbocycles. The summed E-state index contributed by atoms with van der Waals surface area (Å²) >= 11 is 5.06. The van der Waals surface area contributed by atoms with E-state index >= 15 is 0 Å². The molecular formula is C7H4ClF4NS. The van der Waals surface area contributed by atoms with E-state index in [2.05, 4.69) is 0 Å². The Hall–Kier alpha value is -0.620. The molecule has 0 aliphatic rings. The first-order valence-corrected chi connectivity index (χ1v) is 4.40. The zero-order valence-corrected chi connectivity index (χ0v) is 8.10. The molecule has 0 bridgehead atoms. The van der Waals surface area contributed by atoms with Crippen LogP contribution in [0.1, 0.15) is 5.56 Å². The van der Waals surface area contributed by atoms with Gasteiger partial charge in [-0.05, 0) is 12.1 Å². The van der Waals surface area contributed by atoms with Crippen LogP contribution in [0.15, 0.2) is 17.0 Å². The highest BCUT2D eigenvalue weighted by Crippen LogP contribution is 2.39. The summed E-state index contributed by atoms with van der Waals surface area (Å²) in [6, 6.07) is 1.47. The predicted octanol–water partition coefficient (Wildman–Crippen LogP) is 3.92. The third-order valence-corrected chi connectivity index (χ3v) is 2.32. The minimum absolute atomic E-state index is 0.122. The smallest absolute Gasteiger partial charge is 0.398 e. The van der Waals surface area contributed by atoms with E-state index in [9.17, 15) is 17.1 Å². The van der Waals surface area contributed by atoms with Crippen LogP contribution in [-0.2, 0) is 6.18 Å². The summed E-state index contributed by atoms with van der Waals surface area (Å²) in [6.45, 7) is 0. The van der Waals surface area contributed by atoms with Crippen molar-refractivity contribution in [2.75, 3.05) is 5.73 Å². The molecule has 0 fully saturated rings. The third-order valence-electron chi connectivity index (χ3n) is 1.49. The second-order valence-electron chi connectivity index (χ2n) is 2.44. The first-order chi connectivity index (χ1) is 6.36. The number of nitrogen functional groups attached to an aromatic ring is 1. The molecule has 0 spiro atoms. The number of alkyl halides is 3. The number of hydrogen-bond acceptors (Lipinski definition) is 2. The maximum Gasteiger partial charge on any atom is 0.417 e. The SMILES string of the molecule is Nc1cc(C(F)(F)F)c(Cl)cc1SF. The topological polar surface area (TPSA) is 26.0 Å². The van der Waals surface area contributed by atoms with Gasteiger partial charge in [-0.15, -0.1) is 0 Å². The highest BCUT2D eigenvalue weighted by molar-refractivity contribution is 7.94. The zero-order chi connectivity index (χ0) is 10.9. The predicted molar refractivity (Wildman–Crippen MR) is 47.8 cm³/mol. The number of halogens is 5. The summed E-state index contributed by atoms with van der Waals surface area (Å²) in [7, 11) is 0. The van der Waals surface area contributed by atoms with Crippen LogP contribution in [0, 0.1) is 0 Å². The van der Waals surface area contributed by atoms with Gasteiger partial charge in [0.05, 0.1) is 27.6 Å². The van der Waals surface area contributed by atoms with E-state index in [1.165, 1.54) is 0 Å². The fraction of sp³-hybridized carbons (Fsp3) is 0.143. The molecule has 0 unspecified atom stereocenters. The van der Waals surface area contributed by atoms with Crippen molar-refractivity contribution in [2.45, 2.75) is 11.1 Å². The summed E-state index contributed by atoms with van der Waals surface area (Å²) in [5.41, 5.74) is 3.83. The molecular weight excluding hydrogens is 242 g/mol. The van der Waals surface area contributed by atoms with Crippen LogP contribution in [0.4, 0.5) is 22.7 Å². The quantitative estimate of drug-likeness (QED) is 0.599. The standard InChI is InChI=1S/C7H4ClF4NS/c8-4-2-6(14-12)5(13)1-3(4)7(9,10)11/h1-2H,13H2. The summed E-state index contributed by atoms with van der Waals surface area (Å²) < 4.78 is 48.8. The van der Waals surface area contributed by atoms with Gasteiger partial charge in [0.1, 0.15) is 0 Å². The van der Waals surface area contributed by atoms with Crippen LogP contribution < -0.4 is 5.73 Å². The number of benzene rings is 1. The van der Waals surface area contributed by atoms with E-state index in [4.69, 9.17) is 17.3 Å². The summed E-state index contributed by atoms with van der Waals surface area (Å²) in [5.74, 6) is 0. The van der Waals surface area contributed by atoms with E-state index < -0.39 is 16.8 Å². The lowest BCUT2D eigenvalue weighted by molar-refractivity contribution is -0.137. The van der Waals surface area contributed by atoms with Gasteiger partial charge in [-0.1, -0.05) is 11.6 Å². The molecule has 1 nitrogen and oxygen atoms in total. The molecule has 1 aromatic rings. The van der Waals surface area contributed by atoms with Crippen LogP contribution in [0.5, 0.6) is 0 Å². The van der Waals surface area contributed by atoms with Gasteiger partial charge in [0.25, 0.3) is 0 Å². The lowest BCUT2D eigenvalue weighted by atomic mass is 10.2. The Balaban J connectivity index is 3.29. The molecule has 0 aromatic heterocycles. The molecule has 0 atom stereocenters. The fourth-order valence-corrected chi connectivity index (χ4v) is 1.50. The van der Waals surface area contributed by atoms with Gasteiger partial charge in [-0.2, -0.15) is 17.1 Å². The molecule has 0 radical (unpaired) electrons. The van der Waals surface area contributed by atoms with Gasteiger partial charge < -0.3 is 5.73 Å². The van der Waals surface area contributed by atoms with Crippen molar-refractivity contribution in [3.63, 3.8) is 0 Å². The van der Waals surface area contributed by atoms with E-state index in [0.29, 0.717) is 6.07 Å². The van der Waals surface area contributed by atoms with Gasteiger partial charge in [0.15, 0.2) is 0 Å². The van der Waals surface area contributed by atoms with Crippen LogP contribution in [0.2, 0.25) is 5.02 Å². The maximum absolute atomic E-state index is 12.2. The van der Waals surface area contributed by atoms with E-state index in [0.717, 1.165) is 6.07 Å². The summed E-state index contributed by atoms with van der Waals surface area (Å²) in [6.07, 6.45) is -4.58. The highest BCUT2D eigenvalue weighted by Gasteiger charge is 2.33. The average Bonchev–Trinajstić information content (AvgIpc) is 2.06. The summed E-state index contributed by atoms with van der Waals surface area (Å²) in [4.78, 5) is -0.122. The normalized spacial score (nSPS) is 11.8. The van der Waals surface area contributed by atoms with Crippen LogP contribution in [0.25, 0.3) is 0 Å². The zero-order valence-electron chi connectivity index (χ0n) is 6.53. The minimum Gasteiger partial charge on any atom is -0.398 e. The highest BCUT2D eigenvalue weighted by atomic mass is 35.5. The Morgan fingerprint density at radius 1 is 1.29 bits per heavy atom. The van der Waals surface area contributed by atoms with Gasteiger partial charge in [-0.25, -0.2) is 0 Å². The number of rotatable bonds is 1. The van der Waals surface area contributed by atoms with Crippen LogP contribution >= 0.6 is 23.7 Å². The van der Waals surface area contributed by atoms with Gasteiger partial charge in [0.2, 0.25) is 0 Å². The Labute approximate surface area is 86.5 Å². The van der Waals surface area contributed by atoms with Crippen molar-refractivity contribution >= 4 is 29.4 Å². The molecule has 0 saturated carbocycles. The molecule has 0 aliphatic heterocycles. The van der Waals surface area contributed by atoms with E-state index in [1.807, 2.05) is 0 Å². The second kappa shape index (κ2) is 3.86. The second-order valence-corrected chi connectivity index (χ2v) is 3.45. The minimum atomic E-state index is -4.58. The lowest BCUT2D eigenvalue weighted by Crippen LogP contribution is -2.07. The molecule has 1 rings (SSSR count).